The van der Waals surface area contributed by atoms with Gasteiger partial charge in [-0.05, 0) is 32.9 Å². The van der Waals surface area contributed by atoms with Crippen LogP contribution in [0.2, 0.25) is 0 Å². The summed E-state index contributed by atoms with van der Waals surface area (Å²) in [6.45, 7) is 5.09. The van der Waals surface area contributed by atoms with Crippen molar-refractivity contribution in [3.05, 3.63) is 0 Å². The lowest BCUT2D eigenvalue weighted by atomic mass is 10.4. The Labute approximate surface area is 79.1 Å². The van der Waals surface area contributed by atoms with Gasteiger partial charge in [-0.25, -0.2) is 4.79 Å². The van der Waals surface area contributed by atoms with Crippen molar-refractivity contribution in [3.63, 3.8) is 0 Å². The van der Waals surface area contributed by atoms with Crippen LogP contribution in [0.1, 0.15) is 19.8 Å². The lowest BCUT2D eigenvalue weighted by Gasteiger charge is -2.08. The van der Waals surface area contributed by atoms with E-state index in [-0.39, 0.29) is 0 Å². The van der Waals surface area contributed by atoms with Gasteiger partial charge in [0.25, 0.3) is 0 Å². The van der Waals surface area contributed by atoms with Crippen molar-refractivity contribution in [1.82, 2.24) is 4.90 Å². The van der Waals surface area contributed by atoms with Crippen molar-refractivity contribution < 1.29 is 9.53 Å². The molecule has 0 unspecified atom stereocenters. The molecule has 0 N–H and O–H groups in total. The van der Waals surface area contributed by atoms with Gasteiger partial charge >= 0.3 is 5.97 Å². The van der Waals surface area contributed by atoms with Crippen LogP contribution in [0.15, 0.2) is 0 Å². The summed E-state index contributed by atoms with van der Waals surface area (Å²) >= 11 is 0. The van der Waals surface area contributed by atoms with Crippen molar-refractivity contribution in [2.75, 3.05) is 26.2 Å². The number of carbonyl (C=O) groups excluding carboxylic acids is 1. The van der Waals surface area contributed by atoms with Crippen LogP contribution in [0.4, 0.5) is 0 Å². The van der Waals surface area contributed by atoms with Gasteiger partial charge < -0.3 is 4.74 Å². The van der Waals surface area contributed by atoms with Crippen LogP contribution in [-0.2, 0) is 9.53 Å². The number of hydrogen-bond acceptors (Lipinski definition) is 3. The molecule has 13 heavy (non-hydrogen) atoms. The van der Waals surface area contributed by atoms with Crippen molar-refractivity contribution in [2.45, 2.75) is 19.8 Å². The maximum absolute atomic E-state index is 10.8. The molecule has 1 saturated heterocycles. The van der Waals surface area contributed by atoms with Crippen LogP contribution >= 0.6 is 0 Å². The Kier molecular flexibility index (Phi) is 4.34. The molecule has 0 saturated carbocycles. The zero-order valence-electron chi connectivity index (χ0n) is 8.01. The molecule has 3 heteroatoms. The van der Waals surface area contributed by atoms with Gasteiger partial charge in [-0.2, -0.15) is 0 Å². The molecule has 0 aromatic heterocycles. The van der Waals surface area contributed by atoms with E-state index >= 15 is 0 Å². The minimum Gasteiger partial charge on any atom is -0.456 e. The quantitative estimate of drug-likeness (QED) is 0.356. The molecule has 1 rings (SSSR count). The van der Waals surface area contributed by atoms with Crippen LogP contribution < -0.4 is 0 Å². The van der Waals surface area contributed by atoms with E-state index in [4.69, 9.17) is 0 Å². The Bertz CT molecular complexity index is 221. The molecular weight excluding hydrogens is 166 g/mol. The summed E-state index contributed by atoms with van der Waals surface area (Å²) in [5.74, 6) is 4.86. The van der Waals surface area contributed by atoms with Crippen LogP contribution in [-0.4, -0.2) is 37.1 Å². The summed E-state index contributed by atoms with van der Waals surface area (Å²) in [6, 6.07) is 0. The smallest absolute Gasteiger partial charge is 0.384 e. The predicted molar refractivity (Wildman–Crippen MR) is 50.1 cm³/mol. The Balaban J connectivity index is 2.18. The second-order valence-electron chi connectivity index (χ2n) is 3.01. The van der Waals surface area contributed by atoms with E-state index in [1.54, 1.807) is 6.92 Å². The topological polar surface area (TPSA) is 29.5 Å². The molecule has 0 spiro atoms. The fraction of sp³-hybridized carbons (Fsp3) is 0.700. The van der Waals surface area contributed by atoms with Crippen molar-refractivity contribution in [3.8, 4) is 11.8 Å². The summed E-state index contributed by atoms with van der Waals surface area (Å²) in [4.78, 5) is 13.0. The molecule has 3 nitrogen and oxygen atoms in total. The number of nitrogens with zero attached hydrogens (tertiary/aromatic N) is 1. The van der Waals surface area contributed by atoms with Crippen LogP contribution in [0, 0.1) is 11.8 Å². The number of carbonyl (C=O) groups is 1. The van der Waals surface area contributed by atoms with Gasteiger partial charge in [0, 0.05) is 5.92 Å². The third-order valence-corrected chi connectivity index (χ3v) is 1.97. The van der Waals surface area contributed by atoms with Crippen LogP contribution in [0.3, 0.4) is 0 Å². The van der Waals surface area contributed by atoms with Crippen molar-refractivity contribution >= 4 is 5.97 Å². The van der Waals surface area contributed by atoms with Crippen molar-refractivity contribution in [1.29, 1.82) is 0 Å². The van der Waals surface area contributed by atoms with E-state index in [0.29, 0.717) is 13.2 Å². The van der Waals surface area contributed by atoms with Gasteiger partial charge in [0.05, 0.1) is 13.2 Å². The third kappa shape index (κ3) is 3.95. The number of likely N-dealkylation sites (tertiary alicyclic amines) is 1. The second kappa shape index (κ2) is 5.60. The highest BCUT2D eigenvalue weighted by molar-refractivity contribution is 5.88. The molecule has 0 aromatic carbocycles. The SMILES string of the molecule is CCOC(=O)C#CCN1CCCC1. The highest BCUT2D eigenvalue weighted by Gasteiger charge is 2.08. The molecule has 0 amide bonds. The summed E-state index contributed by atoms with van der Waals surface area (Å²) in [6.07, 6.45) is 2.50. The zero-order valence-corrected chi connectivity index (χ0v) is 8.01. The number of hydrogen-bond donors (Lipinski definition) is 0. The standard InChI is InChI=1S/C10H15NO2/c1-2-13-10(12)6-5-9-11-7-3-4-8-11/h2-4,7-9H2,1H3. The number of esters is 1. The Morgan fingerprint density at radius 2 is 2.15 bits per heavy atom. The van der Waals surface area contributed by atoms with E-state index in [2.05, 4.69) is 21.5 Å². The Hall–Kier alpha value is -1.01. The maximum atomic E-state index is 10.8. The molecule has 0 atom stereocenters. The molecule has 1 aliphatic heterocycles. The molecule has 72 valence electrons. The minimum atomic E-state index is -0.415. The van der Waals surface area contributed by atoms with E-state index in [1.807, 2.05) is 0 Å². The van der Waals surface area contributed by atoms with Gasteiger partial charge in [-0.1, -0.05) is 5.92 Å². The van der Waals surface area contributed by atoms with Gasteiger partial charge in [0.2, 0.25) is 0 Å². The predicted octanol–water partition coefficient (Wildman–Crippen LogP) is 0.649. The summed E-state index contributed by atoms with van der Waals surface area (Å²) in [5.41, 5.74) is 0. The van der Waals surface area contributed by atoms with E-state index in [0.717, 1.165) is 13.1 Å². The molecule has 0 aromatic rings. The highest BCUT2D eigenvalue weighted by atomic mass is 16.5. The minimum absolute atomic E-state index is 0.400. The van der Waals surface area contributed by atoms with E-state index in [1.165, 1.54) is 12.8 Å². The lowest BCUT2D eigenvalue weighted by Crippen LogP contribution is -2.19. The highest BCUT2D eigenvalue weighted by Crippen LogP contribution is 2.05. The molecule has 0 bridgehead atoms. The number of rotatable bonds is 2. The molecule has 0 aliphatic carbocycles. The lowest BCUT2D eigenvalue weighted by molar-refractivity contribution is -0.136. The molecule has 1 fully saturated rings. The van der Waals surface area contributed by atoms with E-state index in [9.17, 15) is 4.79 Å². The molecular formula is C10H15NO2. The largest absolute Gasteiger partial charge is 0.456 e. The summed E-state index contributed by atoms with van der Waals surface area (Å²) in [5, 5.41) is 0. The molecule has 1 heterocycles. The maximum Gasteiger partial charge on any atom is 0.384 e. The summed E-state index contributed by atoms with van der Waals surface area (Å²) < 4.78 is 4.68. The van der Waals surface area contributed by atoms with Gasteiger partial charge in [0.15, 0.2) is 0 Å². The van der Waals surface area contributed by atoms with Gasteiger partial charge in [-0.3, -0.25) is 4.90 Å². The van der Waals surface area contributed by atoms with Gasteiger partial charge in [0.1, 0.15) is 0 Å². The molecule has 0 radical (unpaired) electrons. The Morgan fingerprint density at radius 3 is 2.77 bits per heavy atom. The van der Waals surface area contributed by atoms with Gasteiger partial charge in [-0.15, -0.1) is 0 Å². The van der Waals surface area contributed by atoms with Crippen LogP contribution in [0.25, 0.3) is 0 Å². The first kappa shape index (κ1) is 10.1. The second-order valence-corrected chi connectivity index (χ2v) is 3.01. The average molecular weight is 181 g/mol. The average Bonchev–Trinajstić information content (AvgIpc) is 2.57. The first-order chi connectivity index (χ1) is 6.33. The normalized spacial score (nSPS) is 16.4. The number of ether oxygens (including phenoxy) is 1. The third-order valence-electron chi connectivity index (χ3n) is 1.97. The monoisotopic (exact) mass is 181 g/mol. The first-order valence-corrected chi connectivity index (χ1v) is 4.71. The Morgan fingerprint density at radius 1 is 1.46 bits per heavy atom. The van der Waals surface area contributed by atoms with Crippen LogP contribution in [0.5, 0.6) is 0 Å². The van der Waals surface area contributed by atoms with Crippen molar-refractivity contribution in [2.24, 2.45) is 0 Å². The molecule has 1 aliphatic rings. The fourth-order valence-electron chi connectivity index (χ4n) is 1.33. The zero-order chi connectivity index (χ0) is 9.52. The van der Waals surface area contributed by atoms with E-state index < -0.39 is 5.97 Å². The first-order valence-electron chi connectivity index (χ1n) is 4.71. The fourth-order valence-corrected chi connectivity index (χ4v) is 1.33. The summed E-state index contributed by atoms with van der Waals surface area (Å²) in [7, 11) is 0.